The van der Waals surface area contributed by atoms with Gasteiger partial charge in [0.2, 0.25) is 0 Å². The van der Waals surface area contributed by atoms with Gasteiger partial charge < -0.3 is 20.1 Å². The Balaban J connectivity index is 2.78. The lowest BCUT2D eigenvalue weighted by molar-refractivity contribution is -0.144. The Labute approximate surface area is 141 Å². The molecule has 1 rings (SSSR count). The first-order valence-electron chi connectivity index (χ1n) is 7.85. The molecule has 2 N–H and O–H groups in total. The predicted octanol–water partition coefficient (Wildman–Crippen LogP) is 2.57. The SMILES string of the molecule is CCOC(=O)c1cccc(NC(=O)N[C@H](C(=O)OC)C(C)CC)c1. The van der Waals surface area contributed by atoms with E-state index in [1.54, 1.807) is 25.1 Å². The minimum Gasteiger partial charge on any atom is -0.467 e. The highest BCUT2D eigenvalue weighted by Gasteiger charge is 2.26. The fourth-order valence-corrected chi connectivity index (χ4v) is 2.04. The summed E-state index contributed by atoms with van der Waals surface area (Å²) in [6, 6.07) is 5.08. The minimum atomic E-state index is -0.742. The standard InChI is InChI=1S/C17H24N2O5/c1-5-11(3)14(16(21)23-4)19-17(22)18-13-9-7-8-12(10-13)15(20)24-6-2/h7-11,14H,5-6H2,1-4H3,(H2,18,19,22)/t11?,14-/m0/s1. The summed E-state index contributed by atoms with van der Waals surface area (Å²) in [5.41, 5.74) is 0.756. The molecule has 0 aliphatic rings. The molecule has 2 atom stereocenters. The van der Waals surface area contributed by atoms with Gasteiger partial charge in [0.15, 0.2) is 0 Å². The first kappa shape index (κ1) is 19.5. The van der Waals surface area contributed by atoms with E-state index in [1.807, 2.05) is 13.8 Å². The van der Waals surface area contributed by atoms with Crippen LogP contribution in [0.15, 0.2) is 24.3 Å². The lowest BCUT2D eigenvalue weighted by Crippen LogP contribution is -2.47. The van der Waals surface area contributed by atoms with Crippen molar-refractivity contribution < 1.29 is 23.9 Å². The Kier molecular flexibility index (Phi) is 7.74. The van der Waals surface area contributed by atoms with Crippen molar-refractivity contribution in [3.63, 3.8) is 0 Å². The summed E-state index contributed by atoms with van der Waals surface area (Å²) >= 11 is 0. The molecule has 7 heteroatoms. The second-order valence-corrected chi connectivity index (χ2v) is 5.29. The summed E-state index contributed by atoms with van der Waals surface area (Å²) in [5, 5.41) is 5.20. The monoisotopic (exact) mass is 336 g/mol. The van der Waals surface area contributed by atoms with Crippen molar-refractivity contribution >= 4 is 23.7 Å². The molecule has 7 nitrogen and oxygen atoms in total. The highest BCUT2D eigenvalue weighted by Crippen LogP contribution is 2.13. The molecule has 24 heavy (non-hydrogen) atoms. The first-order chi connectivity index (χ1) is 11.4. The lowest BCUT2D eigenvalue weighted by Gasteiger charge is -2.22. The molecule has 0 saturated heterocycles. The Morgan fingerprint density at radius 2 is 1.92 bits per heavy atom. The number of urea groups is 1. The molecule has 0 spiro atoms. The fourth-order valence-electron chi connectivity index (χ4n) is 2.04. The van der Waals surface area contributed by atoms with E-state index >= 15 is 0 Å². The van der Waals surface area contributed by atoms with Crippen LogP contribution in [0.1, 0.15) is 37.6 Å². The molecule has 0 heterocycles. The summed E-state index contributed by atoms with van der Waals surface area (Å²) in [6.45, 7) is 5.76. The van der Waals surface area contributed by atoms with E-state index in [4.69, 9.17) is 9.47 Å². The molecule has 0 aromatic heterocycles. The van der Waals surface area contributed by atoms with Gasteiger partial charge in [-0.1, -0.05) is 26.3 Å². The van der Waals surface area contributed by atoms with Crippen LogP contribution in [0.3, 0.4) is 0 Å². The van der Waals surface area contributed by atoms with Crippen molar-refractivity contribution in [1.82, 2.24) is 5.32 Å². The number of esters is 2. The van der Waals surface area contributed by atoms with Gasteiger partial charge in [-0.2, -0.15) is 0 Å². The number of carbonyl (C=O) groups excluding carboxylic acids is 3. The molecule has 0 aliphatic heterocycles. The number of methoxy groups -OCH3 is 1. The molecular weight excluding hydrogens is 312 g/mol. The topological polar surface area (TPSA) is 93.7 Å². The Morgan fingerprint density at radius 1 is 1.21 bits per heavy atom. The van der Waals surface area contributed by atoms with Gasteiger partial charge in [-0.3, -0.25) is 0 Å². The van der Waals surface area contributed by atoms with Gasteiger partial charge in [0.1, 0.15) is 6.04 Å². The predicted molar refractivity (Wildman–Crippen MR) is 89.8 cm³/mol. The van der Waals surface area contributed by atoms with Crippen molar-refractivity contribution in [3.8, 4) is 0 Å². The quantitative estimate of drug-likeness (QED) is 0.746. The molecule has 0 aliphatic carbocycles. The minimum absolute atomic E-state index is 0.0749. The van der Waals surface area contributed by atoms with Crippen LogP contribution in [0.25, 0.3) is 0 Å². The van der Waals surface area contributed by atoms with Crippen LogP contribution in [0.2, 0.25) is 0 Å². The van der Waals surface area contributed by atoms with Gasteiger partial charge in [0.05, 0.1) is 19.3 Å². The van der Waals surface area contributed by atoms with Gasteiger partial charge in [-0.05, 0) is 31.0 Å². The van der Waals surface area contributed by atoms with Crippen LogP contribution < -0.4 is 10.6 Å². The van der Waals surface area contributed by atoms with Crippen LogP contribution >= 0.6 is 0 Å². The van der Waals surface area contributed by atoms with Crippen molar-refractivity contribution in [2.24, 2.45) is 5.92 Å². The molecule has 2 amide bonds. The molecule has 0 radical (unpaired) electrons. The average Bonchev–Trinajstić information content (AvgIpc) is 2.58. The van der Waals surface area contributed by atoms with Crippen LogP contribution in [0, 0.1) is 5.92 Å². The third-order valence-electron chi connectivity index (χ3n) is 3.59. The number of nitrogens with one attached hydrogen (secondary N) is 2. The largest absolute Gasteiger partial charge is 0.467 e. The average molecular weight is 336 g/mol. The number of ether oxygens (including phenoxy) is 2. The smallest absolute Gasteiger partial charge is 0.338 e. The van der Waals surface area contributed by atoms with E-state index in [9.17, 15) is 14.4 Å². The summed E-state index contributed by atoms with van der Waals surface area (Å²) in [4.78, 5) is 35.6. The molecule has 0 saturated carbocycles. The zero-order valence-corrected chi connectivity index (χ0v) is 14.4. The number of benzene rings is 1. The molecular formula is C17H24N2O5. The normalized spacial score (nSPS) is 12.7. The number of hydrogen-bond donors (Lipinski definition) is 2. The highest BCUT2D eigenvalue weighted by molar-refractivity contribution is 5.95. The first-order valence-corrected chi connectivity index (χ1v) is 7.85. The van der Waals surface area contributed by atoms with Gasteiger partial charge in [-0.15, -0.1) is 0 Å². The number of hydrogen-bond acceptors (Lipinski definition) is 5. The van der Waals surface area contributed by atoms with E-state index < -0.39 is 24.0 Å². The number of amides is 2. The Bertz CT molecular complexity index is 588. The Morgan fingerprint density at radius 3 is 2.50 bits per heavy atom. The second kappa shape index (κ2) is 9.54. The van der Waals surface area contributed by atoms with Gasteiger partial charge in [-0.25, -0.2) is 14.4 Å². The van der Waals surface area contributed by atoms with E-state index in [2.05, 4.69) is 10.6 Å². The molecule has 0 fully saturated rings. The molecule has 132 valence electrons. The number of rotatable bonds is 7. The van der Waals surface area contributed by atoms with E-state index in [0.717, 1.165) is 0 Å². The molecule has 0 bridgehead atoms. The maximum Gasteiger partial charge on any atom is 0.338 e. The van der Waals surface area contributed by atoms with Crippen LogP contribution in [-0.2, 0) is 14.3 Å². The van der Waals surface area contributed by atoms with E-state index in [1.165, 1.54) is 13.2 Å². The molecule has 1 aromatic carbocycles. The van der Waals surface area contributed by atoms with Crippen LogP contribution in [-0.4, -0.2) is 37.7 Å². The van der Waals surface area contributed by atoms with E-state index in [0.29, 0.717) is 17.7 Å². The zero-order chi connectivity index (χ0) is 18.1. The van der Waals surface area contributed by atoms with Gasteiger partial charge >= 0.3 is 18.0 Å². The Hall–Kier alpha value is -2.57. The summed E-state index contributed by atoms with van der Waals surface area (Å²) in [5.74, 6) is -1.04. The summed E-state index contributed by atoms with van der Waals surface area (Å²) in [6.07, 6.45) is 0.707. The lowest BCUT2D eigenvalue weighted by atomic mass is 9.99. The van der Waals surface area contributed by atoms with Crippen molar-refractivity contribution in [1.29, 1.82) is 0 Å². The number of anilines is 1. The third kappa shape index (κ3) is 5.57. The summed E-state index contributed by atoms with van der Waals surface area (Å²) in [7, 11) is 1.28. The zero-order valence-electron chi connectivity index (χ0n) is 14.4. The van der Waals surface area contributed by atoms with Gasteiger partial charge in [0, 0.05) is 5.69 Å². The maximum atomic E-state index is 12.1. The maximum absolute atomic E-state index is 12.1. The molecule has 1 aromatic rings. The third-order valence-corrected chi connectivity index (χ3v) is 3.59. The second-order valence-electron chi connectivity index (χ2n) is 5.29. The molecule has 1 unspecified atom stereocenters. The highest BCUT2D eigenvalue weighted by atomic mass is 16.5. The van der Waals surface area contributed by atoms with E-state index in [-0.39, 0.29) is 12.5 Å². The van der Waals surface area contributed by atoms with Gasteiger partial charge in [0.25, 0.3) is 0 Å². The summed E-state index contributed by atoms with van der Waals surface area (Å²) < 4.78 is 9.64. The van der Waals surface area contributed by atoms with Crippen LogP contribution in [0.4, 0.5) is 10.5 Å². The van der Waals surface area contributed by atoms with Crippen molar-refractivity contribution in [2.45, 2.75) is 33.2 Å². The fraction of sp³-hybridized carbons (Fsp3) is 0.471. The number of carbonyl (C=O) groups is 3. The van der Waals surface area contributed by atoms with Crippen molar-refractivity contribution in [2.75, 3.05) is 19.0 Å². The van der Waals surface area contributed by atoms with Crippen molar-refractivity contribution in [3.05, 3.63) is 29.8 Å². The van der Waals surface area contributed by atoms with Crippen LogP contribution in [0.5, 0.6) is 0 Å².